The summed E-state index contributed by atoms with van der Waals surface area (Å²) >= 11 is 0. The van der Waals surface area contributed by atoms with E-state index in [-0.39, 0.29) is 11.9 Å². The van der Waals surface area contributed by atoms with Gasteiger partial charge >= 0.3 is 0 Å². The van der Waals surface area contributed by atoms with E-state index in [0.29, 0.717) is 26.2 Å². The van der Waals surface area contributed by atoms with Crippen molar-refractivity contribution in [2.75, 3.05) is 19.8 Å². The number of carbonyl (C=O) groups excluding carboxylic acids is 1. The molecule has 1 amide bonds. The van der Waals surface area contributed by atoms with Crippen molar-refractivity contribution in [1.29, 1.82) is 0 Å². The number of ether oxygens (including phenoxy) is 2. The monoisotopic (exact) mass is 250 g/mol. The Balaban J connectivity index is 2.06. The van der Waals surface area contributed by atoms with Gasteiger partial charge in [-0.25, -0.2) is 0 Å². The van der Waals surface area contributed by atoms with E-state index < -0.39 is 0 Å². The van der Waals surface area contributed by atoms with Gasteiger partial charge in [-0.1, -0.05) is 6.07 Å². The first-order valence-corrected chi connectivity index (χ1v) is 6.09. The Bertz CT molecular complexity index is 434. The van der Waals surface area contributed by atoms with E-state index in [0.717, 1.165) is 17.1 Å². The Hall–Kier alpha value is -1.75. The van der Waals surface area contributed by atoms with Crippen LogP contribution in [0, 0.1) is 0 Å². The average molecular weight is 250 g/mol. The van der Waals surface area contributed by atoms with Crippen LogP contribution in [0.4, 0.5) is 0 Å². The van der Waals surface area contributed by atoms with Gasteiger partial charge in [0.2, 0.25) is 5.91 Å². The molecule has 18 heavy (non-hydrogen) atoms. The normalized spacial score (nSPS) is 15.0. The summed E-state index contributed by atoms with van der Waals surface area (Å²) in [5, 5.41) is 2.89. The predicted molar refractivity (Wildman–Crippen MR) is 67.7 cm³/mol. The van der Waals surface area contributed by atoms with Crippen molar-refractivity contribution >= 4 is 5.91 Å². The molecule has 1 heterocycles. The number of nitrogens with two attached hydrogens (primary N) is 1. The van der Waals surface area contributed by atoms with Crippen molar-refractivity contribution in [3.8, 4) is 11.5 Å². The largest absolute Gasteiger partial charge is 0.486 e. The second-order valence-electron chi connectivity index (χ2n) is 4.23. The molecular weight excluding hydrogens is 232 g/mol. The van der Waals surface area contributed by atoms with Crippen molar-refractivity contribution in [3.05, 3.63) is 23.8 Å². The summed E-state index contributed by atoms with van der Waals surface area (Å²) in [6, 6.07) is 5.64. The molecule has 1 aromatic rings. The highest BCUT2D eigenvalue weighted by Gasteiger charge is 2.15. The standard InChI is InChI=1S/C13H18N2O3/c1-9(15-13(16)4-5-14)10-2-3-11-12(8-10)18-7-6-17-11/h2-3,8-9H,4-7,14H2,1H3,(H,15,16). The second kappa shape index (κ2) is 5.73. The predicted octanol–water partition coefficient (Wildman–Crippen LogP) is 0.984. The van der Waals surface area contributed by atoms with Crippen LogP contribution in [0.5, 0.6) is 11.5 Å². The molecule has 0 fully saturated rings. The van der Waals surface area contributed by atoms with Crippen molar-refractivity contribution in [3.63, 3.8) is 0 Å². The molecule has 5 heteroatoms. The first-order chi connectivity index (χ1) is 8.70. The fourth-order valence-electron chi connectivity index (χ4n) is 1.86. The van der Waals surface area contributed by atoms with Crippen LogP contribution in [-0.4, -0.2) is 25.7 Å². The molecule has 1 aliphatic heterocycles. The van der Waals surface area contributed by atoms with Gasteiger partial charge in [-0.05, 0) is 24.6 Å². The number of rotatable bonds is 4. The average Bonchev–Trinajstić information content (AvgIpc) is 2.38. The lowest BCUT2D eigenvalue weighted by Gasteiger charge is -2.21. The minimum Gasteiger partial charge on any atom is -0.486 e. The molecule has 0 aromatic heterocycles. The van der Waals surface area contributed by atoms with Crippen molar-refractivity contribution in [1.82, 2.24) is 5.32 Å². The van der Waals surface area contributed by atoms with Gasteiger partial charge in [0.25, 0.3) is 0 Å². The Kier molecular flexibility index (Phi) is 4.04. The fourth-order valence-corrected chi connectivity index (χ4v) is 1.86. The SMILES string of the molecule is CC(NC(=O)CCN)c1ccc2c(c1)OCCO2. The van der Waals surface area contributed by atoms with Crippen LogP contribution in [0.2, 0.25) is 0 Å². The number of benzene rings is 1. The molecule has 98 valence electrons. The lowest BCUT2D eigenvalue weighted by molar-refractivity contribution is -0.121. The highest BCUT2D eigenvalue weighted by molar-refractivity contribution is 5.76. The Morgan fingerprint density at radius 1 is 1.39 bits per heavy atom. The third-order valence-corrected chi connectivity index (χ3v) is 2.82. The highest BCUT2D eigenvalue weighted by atomic mass is 16.6. The summed E-state index contributed by atoms with van der Waals surface area (Å²) in [7, 11) is 0. The summed E-state index contributed by atoms with van der Waals surface area (Å²) in [6.07, 6.45) is 0.342. The molecule has 3 N–H and O–H groups in total. The molecule has 5 nitrogen and oxygen atoms in total. The lowest BCUT2D eigenvalue weighted by atomic mass is 10.1. The van der Waals surface area contributed by atoms with Gasteiger partial charge in [-0.2, -0.15) is 0 Å². The van der Waals surface area contributed by atoms with Gasteiger partial charge in [0, 0.05) is 13.0 Å². The van der Waals surface area contributed by atoms with Crippen LogP contribution in [0.25, 0.3) is 0 Å². The molecule has 0 saturated carbocycles. The zero-order valence-electron chi connectivity index (χ0n) is 10.4. The molecule has 0 radical (unpaired) electrons. The molecule has 1 aromatic carbocycles. The van der Waals surface area contributed by atoms with Gasteiger partial charge in [-0.3, -0.25) is 4.79 Å². The van der Waals surface area contributed by atoms with E-state index in [2.05, 4.69) is 5.32 Å². The van der Waals surface area contributed by atoms with E-state index in [9.17, 15) is 4.79 Å². The van der Waals surface area contributed by atoms with Gasteiger partial charge in [0.1, 0.15) is 13.2 Å². The first-order valence-electron chi connectivity index (χ1n) is 6.09. The zero-order valence-corrected chi connectivity index (χ0v) is 10.4. The molecule has 1 atom stereocenters. The first kappa shape index (κ1) is 12.7. The summed E-state index contributed by atoms with van der Waals surface area (Å²) < 4.78 is 11.0. The summed E-state index contributed by atoms with van der Waals surface area (Å²) in [6.45, 7) is 3.43. The third kappa shape index (κ3) is 2.92. The Morgan fingerprint density at radius 3 is 2.83 bits per heavy atom. The minimum absolute atomic E-state index is 0.0418. The minimum atomic E-state index is -0.0696. The van der Waals surface area contributed by atoms with E-state index in [1.54, 1.807) is 0 Å². The Morgan fingerprint density at radius 2 is 2.11 bits per heavy atom. The number of carbonyl (C=O) groups is 1. The number of nitrogens with one attached hydrogen (secondary N) is 1. The van der Waals surface area contributed by atoms with Crippen molar-refractivity contribution in [2.24, 2.45) is 5.73 Å². The molecule has 1 unspecified atom stereocenters. The number of fused-ring (bicyclic) bond motifs is 1. The number of amides is 1. The summed E-state index contributed by atoms with van der Waals surface area (Å²) in [4.78, 5) is 11.5. The van der Waals surface area contributed by atoms with E-state index in [1.807, 2.05) is 25.1 Å². The van der Waals surface area contributed by atoms with Crippen molar-refractivity contribution in [2.45, 2.75) is 19.4 Å². The molecule has 0 saturated heterocycles. The smallest absolute Gasteiger partial charge is 0.221 e. The third-order valence-electron chi connectivity index (χ3n) is 2.82. The maximum atomic E-state index is 11.5. The van der Waals surface area contributed by atoms with Crippen LogP contribution < -0.4 is 20.5 Å². The zero-order chi connectivity index (χ0) is 13.0. The number of hydrogen-bond acceptors (Lipinski definition) is 4. The highest BCUT2D eigenvalue weighted by Crippen LogP contribution is 2.32. The molecule has 2 rings (SSSR count). The van der Waals surface area contributed by atoms with Crippen molar-refractivity contribution < 1.29 is 14.3 Å². The maximum Gasteiger partial charge on any atom is 0.221 e. The summed E-state index contributed by atoms with van der Waals surface area (Å²) in [5.74, 6) is 1.45. The van der Waals surface area contributed by atoms with Gasteiger partial charge in [0.05, 0.1) is 6.04 Å². The van der Waals surface area contributed by atoms with Gasteiger partial charge in [-0.15, -0.1) is 0 Å². The van der Waals surface area contributed by atoms with Crippen LogP contribution in [-0.2, 0) is 4.79 Å². The van der Waals surface area contributed by atoms with Gasteiger partial charge in [0.15, 0.2) is 11.5 Å². The maximum absolute atomic E-state index is 11.5. The molecule has 0 aliphatic carbocycles. The molecular formula is C13H18N2O3. The van der Waals surface area contributed by atoms with Crippen LogP contribution in [0.15, 0.2) is 18.2 Å². The topological polar surface area (TPSA) is 73.6 Å². The fraction of sp³-hybridized carbons (Fsp3) is 0.462. The molecule has 1 aliphatic rings. The molecule has 0 spiro atoms. The lowest BCUT2D eigenvalue weighted by Crippen LogP contribution is -2.28. The van der Waals surface area contributed by atoms with E-state index in [4.69, 9.17) is 15.2 Å². The van der Waals surface area contributed by atoms with Gasteiger partial charge < -0.3 is 20.5 Å². The van der Waals surface area contributed by atoms with Crippen LogP contribution in [0.1, 0.15) is 24.9 Å². The molecule has 0 bridgehead atoms. The second-order valence-corrected chi connectivity index (χ2v) is 4.23. The summed E-state index contributed by atoms with van der Waals surface area (Å²) in [5.41, 5.74) is 6.33. The van der Waals surface area contributed by atoms with E-state index in [1.165, 1.54) is 0 Å². The van der Waals surface area contributed by atoms with Crippen LogP contribution in [0.3, 0.4) is 0 Å². The number of hydrogen-bond donors (Lipinski definition) is 2. The quantitative estimate of drug-likeness (QED) is 0.835. The van der Waals surface area contributed by atoms with E-state index >= 15 is 0 Å². The Labute approximate surface area is 106 Å². The van der Waals surface area contributed by atoms with Crippen LogP contribution >= 0.6 is 0 Å².